The van der Waals surface area contributed by atoms with Gasteiger partial charge >= 0.3 is 5.97 Å². The first-order valence-corrected chi connectivity index (χ1v) is 35.8. The molecule has 0 heterocycles. The molecule has 76 heavy (non-hydrogen) atoms. The minimum atomic E-state index is -1.07. The van der Waals surface area contributed by atoms with E-state index < -0.39 is 11.6 Å². The molecular formula is C72H144O4. The van der Waals surface area contributed by atoms with E-state index in [-0.39, 0.29) is 5.78 Å². The molecule has 0 aliphatic heterocycles. The monoisotopic (exact) mass is 1070 g/mol. The highest BCUT2D eigenvalue weighted by Gasteiger charge is 2.33. The molecule has 1 unspecified atom stereocenters. The SMILES string of the molecule is CCCCCCCCCCCCCCCCCC(=O)O.CCCCCCCCCCCCCCCCCCC(O)(CCCCCCCCCCCCCCCCC)C(=O)CCCCCCCCCCCCCCCCC. The average Bonchev–Trinajstić information content (AvgIpc) is 3.41. The summed E-state index contributed by atoms with van der Waals surface area (Å²) in [7, 11) is 0. The maximum atomic E-state index is 13.5. The van der Waals surface area contributed by atoms with E-state index in [1.165, 1.54) is 353 Å². The molecule has 4 nitrogen and oxygen atoms in total. The van der Waals surface area contributed by atoms with Crippen molar-refractivity contribution in [1.82, 2.24) is 0 Å². The lowest BCUT2D eigenvalue weighted by Crippen LogP contribution is -2.38. The lowest BCUT2D eigenvalue weighted by atomic mass is 9.84. The molecule has 4 heteroatoms. The van der Waals surface area contributed by atoms with Gasteiger partial charge < -0.3 is 10.2 Å². The normalized spacial score (nSPS) is 12.3. The third-order valence-electron chi connectivity index (χ3n) is 17.2. The number of aliphatic carboxylic acids is 1. The molecule has 0 amide bonds. The van der Waals surface area contributed by atoms with Gasteiger partial charge in [0.05, 0.1) is 0 Å². The minimum absolute atomic E-state index is 0.165. The van der Waals surface area contributed by atoms with Crippen LogP contribution < -0.4 is 0 Å². The van der Waals surface area contributed by atoms with Crippen LogP contribution in [0.2, 0.25) is 0 Å². The van der Waals surface area contributed by atoms with Crippen LogP contribution in [0.15, 0.2) is 0 Å². The maximum absolute atomic E-state index is 13.5. The summed E-state index contributed by atoms with van der Waals surface area (Å²) in [5, 5.41) is 20.3. The van der Waals surface area contributed by atoms with Crippen LogP contribution in [-0.2, 0) is 9.59 Å². The Morgan fingerprint density at radius 1 is 0.224 bits per heavy atom. The van der Waals surface area contributed by atoms with Crippen LogP contribution >= 0.6 is 0 Å². The van der Waals surface area contributed by atoms with Gasteiger partial charge in [-0.05, 0) is 25.7 Å². The van der Waals surface area contributed by atoms with E-state index in [0.29, 0.717) is 25.7 Å². The van der Waals surface area contributed by atoms with Gasteiger partial charge in [0.1, 0.15) is 5.60 Å². The van der Waals surface area contributed by atoms with Gasteiger partial charge in [-0.15, -0.1) is 0 Å². The molecule has 0 aliphatic carbocycles. The first-order chi connectivity index (χ1) is 37.4. The Labute approximate surface area is 480 Å². The summed E-state index contributed by atoms with van der Waals surface area (Å²) in [5.74, 6) is -0.488. The molecular weight excluding hydrogens is 929 g/mol. The van der Waals surface area contributed by atoms with E-state index in [9.17, 15) is 14.7 Å². The number of hydrogen-bond acceptors (Lipinski definition) is 3. The van der Waals surface area contributed by atoms with Crippen molar-refractivity contribution in [3.8, 4) is 0 Å². The number of unbranched alkanes of at least 4 members (excludes halogenated alkanes) is 57. The summed E-state index contributed by atoms with van der Waals surface area (Å²) in [4.78, 5) is 23.9. The lowest BCUT2D eigenvalue weighted by Gasteiger charge is -2.27. The fraction of sp³-hybridized carbons (Fsp3) is 0.972. The van der Waals surface area contributed by atoms with Gasteiger partial charge in [-0.1, -0.05) is 407 Å². The Morgan fingerprint density at radius 2 is 0.368 bits per heavy atom. The number of carboxylic acid groups (broad SMARTS) is 1. The van der Waals surface area contributed by atoms with E-state index in [4.69, 9.17) is 5.11 Å². The van der Waals surface area contributed by atoms with Crippen LogP contribution in [0.1, 0.15) is 445 Å². The maximum Gasteiger partial charge on any atom is 0.303 e. The van der Waals surface area contributed by atoms with Gasteiger partial charge in [0.25, 0.3) is 0 Å². The molecule has 456 valence electrons. The van der Waals surface area contributed by atoms with Crippen molar-refractivity contribution in [2.75, 3.05) is 0 Å². The number of Topliss-reactive ketones (excluding diaryl/α,β-unsaturated/α-hetero) is 1. The predicted molar refractivity (Wildman–Crippen MR) is 340 cm³/mol. The minimum Gasteiger partial charge on any atom is -0.481 e. The zero-order valence-electron chi connectivity index (χ0n) is 53.2. The first kappa shape index (κ1) is 77.2. The van der Waals surface area contributed by atoms with E-state index in [1.54, 1.807) is 0 Å². The summed E-state index contributed by atoms with van der Waals surface area (Å²) in [6, 6.07) is 0. The smallest absolute Gasteiger partial charge is 0.303 e. The van der Waals surface area contributed by atoms with Gasteiger partial charge in [0.15, 0.2) is 5.78 Å². The average molecular weight is 1070 g/mol. The molecule has 0 aromatic carbocycles. The third kappa shape index (κ3) is 65.6. The van der Waals surface area contributed by atoms with E-state index >= 15 is 0 Å². The number of ketones is 1. The number of carbonyl (C=O) groups is 2. The number of carboxylic acids is 1. The van der Waals surface area contributed by atoms with Crippen LogP contribution in [0.4, 0.5) is 0 Å². The van der Waals surface area contributed by atoms with Crippen molar-refractivity contribution in [2.45, 2.75) is 451 Å². The highest BCUT2D eigenvalue weighted by Crippen LogP contribution is 2.28. The molecule has 0 bridgehead atoms. The Kier molecular flexibility index (Phi) is 69.4. The molecule has 0 aromatic heterocycles. The molecule has 0 spiro atoms. The van der Waals surface area contributed by atoms with E-state index in [2.05, 4.69) is 27.7 Å². The summed E-state index contributed by atoms with van der Waals surface area (Å²) in [6.45, 7) is 9.16. The topological polar surface area (TPSA) is 74.6 Å². The summed E-state index contributed by atoms with van der Waals surface area (Å²) in [6.07, 6.45) is 84.3. The Hall–Kier alpha value is -0.900. The van der Waals surface area contributed by atoms with Gasteiger partial charge in [0, 0.05) is 12.8 Å². The van der Waals surface area contributed by atoms with Crippen LogP contribution in [0.5, 0.6) is 0 Å². The molecule has 1 atom stereocenters. The second-order valence-electron chi connectivity index (χ2n) is 25.0. The Morgan fingerprint density at radius 3 is 0.539 bits per heavy atom. The predicted octanol–water partition coefficient (Wildman–Crippen LogP) is 25.8. The second kappa shape index (κ2) is 68.4. The Bertz CT molecular complexity index is 1070. The van der Waals surface area contributed by atoms with Crippen LogP contribution in [-0.4, -0.2) is 27.6 Å². The van der Waals surface area contributed by atoms with Gasteiger partial charge in [-0.3, -0.25) is 9.59 Å². The lowest BCUT2D eigenvalue weighted by molar-refractivity contribution is -0.139. The highest BCUT2D eigenvalue weighted by atomic mass is 16.4. The van der Waals surface area contributed by atoms with Gasteiger partial charge in [-0.25, -0.2) is 0 Å². The third-order valence-corrected chi connectivity index (χ3v) is 17.2. The van der Waals surface area contributed by atoms with E-state index in [1.807, 2.05) is 0 Å². The Balaban J connectivity index is 0. The van der Waals surface area contributed by atoms with Crippen molar-refractivity contribution < 1.29 is 19.8 Å². The molecule has 0 fully saturated rings. The standard InChI is InChI=1S/C54H108O2.C18H36O2/c1-4-7-10-13-16-19-22-25-28-31-34-37-40-43-46-49-52-54(56,51-48-45-42-39-36-33-30-27-24-21-18-15-12-9-6-3)53(55)50-47-44-41-38-35-32-29-26-23-20-17-14-11-8-5-2;1-2-3-4-5-6-7-8-9-10-11-12-13-14-15-16-17-18(19)20/h56H,4-52H2,1-3H3;2-17H2,1H3,(H,19,20). The fourth-order valence-corrected chi connectivity index (χ4v) is 11.7. The first-order valence-electron chi connectivity index (χ1n) is 35.8. The second-order valence-corrected chi connectivity index (χ2v) is 25.0. The van der Waals surface area contributed by atoms with Crippen molar-refractivity contribution in [3.05, 3.63) is 0 Å². The molecule has 0 aromatic rings. The number of hydrogen-bond donors (Lipinski definition) is 2. The van der Waals surface area contributed by atoms with Crippen LogP contribution in [0.3, 0.4) is 0 Å². The molecule has 0 rings (SSSR count). The highest BCUT2D eigenvalue weighted by molar-refractivity contribution is 5.86. The summed E-state index contributed by atoms with van der Waals surface area (Å²) >= 11 is 0. The quantitative estimate of drug-likeness (QED) is 0.0595. The fourth-order valence-electron chi connectivity index (χ4n) is 11.7. The van der Waals surface area contributed by atoms with Crippen molar-refractivity contribution in [2.24, 2.45) is 0 Å². The van der Waals surface area contributed by atoms with Crippen molar-refractivity contribution in [1.29, 1.82) is 0 Å². The zero-order valence-corrected chi connectivity index (χ0v) is 53.2. The van der Waals surface area contributed by atoms with Gasteiger partial charge in [0.2, 0.25) is 0 Å². The van der Waals surface area contributed by atoms with Gasteiger partial charge in [-0.2, -0.15) is 0 Å². The zero-order chi connectivity index (χ0) is 55.6. The number of rotatable bonds is 66. The molecule has 0 saturated carbocycles. The molecule has 2 N–H and O–H groups in total. The van der Waals surface area contributed by atoms with Crippen LogP contribution in [0, 0.1) is 0 Å². The summed E-state index contributed by atoms with van der Waals surface area (Å²) < 4.78 is 0. The largest absolute Gasteiger partial charge is 0.481 e. The molecule has 0 aliphatic rings. The summed E-state index contributed by atoms with van der Waals surface area (Å²) in [5.41, 5.74) is -1.07. The van der Waals surface area contributed by atoms with Crippen LogP contribution in [0.25, 0.3) is 0 Å². The molecule has 0 radical (unpaired) electrons. The number of aliphatic hydroxyl groups is 1. The van der Waals surface area contributed by atoms with Crippen molar-refractivity contribution >= 4 is 11.8 Å². The molecule has 0 saturated heterocycles. The van der Waals surface area contributed by atoms with E-state index in [0.717, 1.165) is 38.5 Å². The number of carbonyl (C=O) groups excluding carboxylic acids is 1. The van der Waals surface area contributed by atoms with Crippen molar-refractivity contribution in [3.63, 3.8) is 0 Å².